The number of hydrogen-bond acceptors (Lipinski definition) is 7. The van der Waals surface area contributed by atoms with Crippen molar-refractivity contribution in [1.29, 1.82) is 0 Å². The highest BCUT2D eigenvalue weighted by Gasteiger charge is 2.31. The van der Waals surface area contributed by atoms with Gasteiger partial charge >= 0.3 is 6.18 Å². The maximum Gasteiger partial charge on any atom is 0.416 e. The highest BCUT2D eigenvalue weighted by atomic mass is 32.2. The van der Waals surface area contributed by atoms with E-state index in [1.807, 2.05) is 31.2 Å². The Morgan fingerprint density at radius 1 is 0.923 bits per heavy atom. The quantitative estimate of drug-likeness (QED) is 0.225. The van der Waals surface area contributed by atoms with E-state index in [0.29, 0.717) is 27.9 Å². The van der Waals surface area contributed by atoms with Gasteiger partial charge in [-0.15, -0.1) is 10.2 Å². The van der Waals surface area contributed by atoms with Gasteiger partial charge in [0.15, 0.2) is 11.5 Å². The zero-order chi connectivity index (χ0) is 27.0. The lowest BCUT2D eigenvalue weighted by Crippen LogP contribution is -2.16. The number of alkyl halides is 3. The highest BCUT2D eigenvalue weighted by Crippen LogP contribution is 2.41. The van der Waals surface area contributed by atoms with E-state index in [1.54, 1.807) is 18.2 Å². The lowest BCUT2D eigenvalue weighted by atomic mass is 10.1. The monoisotopic (exact) mass is 546 g/mol. The molecule has 6 nitrogen and oxygen atoms in total. The summed E-state index contributed by atoms with van der Waals surface area (Å²) in [5, 5.41) is 12.5. The van der Waals surface area contributed by atoms with Crippen LogP contribution in [0.4, 0.5) is 18.9 Å². The number of fused-ring (bicyclic) bond motifs is 3. The van der Waals surface area contributed by atoms with Gasteiger partial charge in [0.1, 0.15) is 5.76 Å². The number of thioether (sulfide) groups is 1. The van der Waals surface area contributed by atoms with Crippen molar-refractivity contribution in [3.63, 3.8) is 0 Å². The van der Waals surface area contributed by atoms with Crippen LogP contribution in [0.1, 0.15) is 28.7 Å². The number of benzene rings is 3. The minimum absolute atomic E-state index is 0.274. The Bertz CT molecular complexity index is 1640. The Hall–Kier alpha value is -4.31. The summed E-state index contributed by atoms with van der Waals surface area (Å²) in [4.78, 5) is 4.64. The summed E-state index contributed by atoms with van der Waals surface area (Å²) in [6.07, 6.45) is -5.26. The molecule has 0 saturated heterocycles. The molecule has 1 atom stereocenters. The molecular weight excluding hydrogens is 525 g/mol. The third-order valence-electron chi connectivity index (χ3n) is 6.18. The minimum Gasteiger partial charge on any atom is -0.455 e. The van der Waals surface area contributed by atoms with Gasteiger partial charge in [-0.25, -0.2) is 0 Å². The topological polar surface area (TPSA) is 73.1 Å². The van der Waals surface area contributed by atoms with Gasteiger partial charge in [0.25, 0.3) is 0 Å². The van der Waals surface area contributed by atoms with Crippen LogP contribution in [0.5, 0.6) is 5.88 Å². The molecule has 5 aromatic rings. The molecule has 1 N–H and O–H groups in total. The number of para-hydroxylation sites is 1. The molecule has 0 bridgehead atoms. The van der Waals surface area contributed by atoms with Crippen LogP contribution in [0.3, 0.4) is 0 Å². The van der Waals surface area contributed by atoms with Gasteiger partial charge in [0, 0.05) is 22.6 Å². The molecule has 0 spiro atoms. The van der Waals surface area contributed by atoms with Crippen LogP contribution < -0.4 is 10.1 Å². The average Bonchev–Trinajstić information content (AvgIpc) is 3.37. The van der Waals surface area contributed by atoms with E-state index < -0.39 is 18.0 Å². The van der Waals surface area contributed by atoms with E-state index in [-0.39, 0.29) is 11.6 Å². The molecule has 2 aromatic heterocycles. The Morgan fingerprint density at radius 3 is 2.56 bits per heavy atom. The first kappa shape index (κ1) is 25.0. The van der Waals surface area contributed by atoms with Crippen molar-refractivity contribution in [3.05, 3.63) is 107 Å². The van der Waals surface area contributed by atoms with Crippen LogP contribution >= 0.6 is 11.8 Å². The smallest absolute Gasteiger partial charge is 0.416 e. The molecule has 3 heterocycles. The molecule has 39 heavy (non-hydrogen) atoms. The number of rotatable bonds is 5. The fourth-order valence-corrected chi connectivity index (χ4v) is 4.90. The van der Waals surface area contributed by atoms with E-state index >= 15 is 0 Å². The Labute approximate surface area is 226 Å². The molecule has 0 saturated carbocycles. The molecule has 0 radical (unpaired) electrons. The lowest BCUT2D eigenvalue weighted by molar-refractivity contribution is -0.137. The maximum atomic E-state index is 13.2. The molecule has 10 heteroatoms. The largest absolute Gasteiger partial charge is 0.455 e. The van der Waals surface area contributed by atoms with Crippen molar-refractivity contribution in [2.75, 3.05) is 5.32 Å². The van der Waals surface area contributed by atoms with Gasteiger partial charge in [-0.05, 0) is 42.8 Å². The van der Waals surface area contributed by atoms with Gasteiger partial charge in [0.2, 0.25) is 17.3 Å². The van der Waals surface area contributed by atoms with Crippen LogP contribution in [-0.2, 0) is 11.9 Å². The molecular formula is C29H21F3N4O2S. The molecule has 0 fully saturated rings. The number of aromatic nitrogens is 3. The maximum absolute atomic E-state index is 13.2. The Kier molecular flexibility index (Phi) is 6.48. The number of furan rings is 1. The van der Waals surface area contributed by atoms with Crippen LogP contribution in [0.2, 0.25) is 0 Å². The van der Waals surface area contributed by atoms with E-state index in [2.05, 4.69) is 44.8 Å². The second kappa shape index (κ2) is 10.1. The summed E-state index contributed by atoms with van der Waals surface area (Å²) in [5.41, 5.74) is 3.85. The van der Waals surface area contributed by atoms with Crippen LogP contribution in [0.15, 0.2) is 94.5 Å². The lowest BCUT2D eigenvalue weighted by Gasteiger charge is -2.16. The van der Waals surface area contributed by atoms with Crippen molar-refractivity contribution < 1.29 is 22.3 Å². The predicted molar refractivity (Wildman–Crippen MR) is 142 cm³/mol. The number of aryl methyl sites for hydroxylation is 1. The fourth-order valence-electron chi connectivity index (χ4n) is 4.17. The van der Waals surface area contributed by atoms with Crippen molar-refractivity contribution >= 4 is 17.4 Å². The number of nitrogens with one attached hydrogen (secondary N) is 1. The van der Waals surface area contributed by atoms with E-state index in [4.69, 9.17) is 9.15 Å². The van der Waals surface area contributed by atoms with Gasteiger partial charge in [-0.2, -0.15) is 18.2 Å². The number of nitrogens with zero attached hydrogens (tertiary/aromatic N) is 3. The van der Waals surface area contributed by atoms with E-state index in [1.165, 1.54) is 23.4 Å². The van der Waals surface area contributed by atoms with Crippen molar-refractivity contribution in [2.24, 2.45) is 0 Å². The zero-order valence-corrected chi connectivity index (χ0v) is 21.4. The molecule has 1 unspecified atom stereocenters. The SMILES string of the molecule is Cc1ccc(CSc2nnc3c(n2)OC(c2ccc(-c4cccc(C(F)(F)F)c4)o2)Nc2ccccc2-3)cc1. The number of halogens is 3. The molecule has 0 amide bonds. The molecule has 196 valence electrons. The van der Waals surface area contributed by atoms with Gasteiger partial charge in [-0.3, -0.25) is 0 Å². The summed E-state index contributed by atoms with van der Waals surface area (Å²) >= 11 is 1.44. The number of ether oxygens (including phenoxy) is 1. The summed E-state index contributed by atoms with van der Waals surface area (Å²) in [7, 11) is 0. The fraction of sp³-hybridized carbons (Fsp3) is 0.138. The normalized spacial score (nSPS) is 14.5. The summed E-state index contributed by atoms with van der Waals surface area (Å²) < 4.78 is 51.9. The average molecular weight is 547 g/mol. The second-order valence-corrected chi connectivity index (χ2v) is 9.93. The Balaban J connectivity index is 1.31. The first-order valence-electron chi connectivity index (χ1n) is 12.1. The van der Waals surface area contributed by atoms with Gasteiger partial charge in [-0.1, -0.05) is 71.9 Å². The number of hydrogen-bond donors (Lipinski definition) is 1. The van der Waals surface area contributed by atoms with Crippen LogP contribution in [0.25, 0.3) is 22.6 Å². The minimum atomic E-state index is -4.45. The molecule has 1 aliphatic rings. The zero-order valence-electron chi connectivity index (χ0n) is 20.6. The summed E-state index contributed by atoms with van der Waals surface area (Å²) in [6.45, 7) is 2.04. The van der Waals surface area contributed by atoms with Crippen molar-refractivity contribution in [3.8, 4) is 28.5 Å². The summed E-state index contributed by atoms with van der Waals surface area (Å²) in [6, 6.07) is 24.0. The standard InChI is InChI=1S/C29H21F3N4O2S/c1-17-9-11-18(12-10-17)16-39-28-34-27-25(35-36-28)21-7-2-3-8-22(21)33-26(38-27)24-14-13-23(37-24)19-5-4-6-20(15-19)29(30,31)32/h2-15,26,33H,16H2,1H3. The molecule has 6 rings (SSSR count). The van der Waals surface area contributed by atoms with Gasteiger partial charge in [0.05, 0.1) is 5.56 Å². The van der Waals surface area contributed by atoms with Crippen LogP contribution in [-0.4, -0.2) is 15.2 Å². The number of anilines is 1. The molecule has 0 aliphatic carbocycles. The first-order valence-corrected chi connectivity index (χ1v) is 13.0. The molecule has 3 aromatic carbocycles. The summed E-state index contributed by atoms with van der Waals surface area (Å²) in [5.74, 6) is 1.60. The second-order valence-electron chi connectivity index (χ2n) is 8.99. The van der Waals surface area contributed by atoms with Gasteiger partial charge < -0.3 is 14.5 Å². The first-order chi connectivity index (χ1) is 18.8. The third-order valence-corrected chi connectivity index (χ3v) is 7.09. The highest BCUT2D eigenvalue weighted by molar-refractivity contribution is 7.98. The molecule has 1 aliphatic heterocycles. The van der Waals surface area contributed by atoms with Crippen LogP contribution in [0, 0.1) is 6.92 Å². The van der Waals surface area contributed by atoms with E-state index in [9.17, 15) is 13.2 Å². The predicted octanol–water partition coefficient (Wildman–Crippen LogP) is 7.92. The van der Waals surface area contributed by atoms with E-state index in [0.717, 1.165) is 28.9 Å². The third kappa shape index (κ3) is 5.33. The van der Waals surface area contributed by atoms with Crippen molar-refractivity contribution in [1.82, 2.24) is 15.2 Å². The van der Waals surface area contributed by atoms with Crippen molar-refractivity contribution in [2.45, 2.75) is 30.2 Å². The Morgan fingerprint density at radius 2 is 1.74 bits per heavy atom.